The van der Waals surface area contributed by atoms with Crippen molar-refractivity contribution in [2.45, 2.75) is 32.1 Å². The van der Waals surface area contributed by atoms with Gasteiger partial charge in [0.05, 0.1) is 18.6 Å². The number of hydrogen-bond acceptors (Lipinski definition) is 5. The molecule has 0 aromatic heterocycles. The monoisotopic (exact) mass is 353 g/mol. The summed E-state index contributed by atoms with van der Waals surface area (Å²) in [5.74, 6) is -0.231. The normalized spacial score (nSPS) is 19.6. The average Bonchev–Trinajstić information content (AvgIpc) is 2.65. The first-order chi connectivity index (χ1) is 12.6. The molecule has 136 valence electrons. The molecule has 0 unspecified atom stereocenters. The second-order valence-electron chi connectivity index (χ2n) is 6.39. The molecule has 0 amide bonds. The molecule has 1 aromatic carbocycles. The van der Waals surface area contributed by atoms with Gasteiger partial charge in [0.15, 0.2) is 5.78 Å². The minimum atomic E-state index is -0.493. The van der Waals surface area contributed by atoms with Crippen LogP contribution in [0.1, 0.15) is 37.7 Å². The number of ether oxygens (including phenoxy) is 2. The van der Waals surface area contributed by atoms with Crippen LogP contribution in [0.4, 0.5) is 0 Å². The number of nitrogens with one attached hydrogen (secondary N) is 1. The molecule has 1 aliphatic heterocycles. The van der Waals surface area contributed by atoms with Crippen molar-refractivity contribution in [2.75, 3.05) is 13.7 Å². The van der Waals surface area contributed by atoms with Crippen molar-refractivity contribution in [3.63, 3.8) is 0 Å². The smallest absolute Gasteiger partial charge is 0.337 e. The molecule has 1 heterocycles. The number of ketones is 1. The second kappa shape index (κ2) is 7.60. The first kappa shape index (κ1) is 18.0. The van der Waals surface area contributed by atoms with E-state index in [1.807, 2.05) is 31.2 Å². The van der Waals surface area contributed by atoms with E-state index in [4.69, 9.17) is 9.47 Å². The van der Waals surface area contributed by atoms with Crippen molar-refractivity contribution in [3.05, 3.63) is 65.0 Å². The lowest BCUT2D eigenvalue weighted by molar-refractivity contribution is -0.138. The highest BCUT2D eigenvalue weighted by molar-refractivity contribution is 6.04. The van der Waals surface area contributed by atoms with Crippen LogP contribution in [0.2, 0.25) is 0 Å². The summed E-state index contributed by atoms with van der Waals surface area (Å²) in [5, 5.41) is 3.26. The maximum Gasteiger partial charge on any atom is 0.337 e. The third kappa shape index (κ3) is 3.17. The molecule has 2 aliphatic rings. The van der Waals surface area contributed by atoms with Gasteiger partial charge in [-0.15, -0.1) is 0 Å². The van der Waals surface area contributed by atoms with E-state index in [2.05, 4.69) is 11.9 Å². The predicted molar refractivity (Wildman–Crippen MR) is 98.6 cm³/mol. The lowest BCUT2D eigenvalue weighted by atomic mass is 9.75. The van der Waals surface area contributed by atoms with Gasteiger partial charge in [0, 0.05) is 29.0 Å². The number of carbonyl (C=O) groups is 2. The Labute approximate surface area is 153 Å². The van der Waals surface area contributed by atoms with Gasteiger partial charge in [-0.2, -0.15) is 0 Å². The van der Waals surface area contributed by atoms with E-state index in [0.717, 1.165) is 24.1 Å². The molecular weight excluding hydrogens is 330 g/mol. The van der Waals surface area contributed by atoms with Crippen LogP contribution in [0, 0.1) is 0 Å². The Balaban J connectivity index is 2.17. The molecule has 3 rings (SSSR count). The van der Waals surface area contributed by atoms with Gasteiger partial charge in [-0.3, -0.25) is 4.79 Å². The zero-order valence-corrected chi connectivity index (χ0v) is 15.1. The zero-order chi connectivity index (χ0) is 18.7. The second-order valence-corrected chi connectivity index (χ2v) is 6.39. The fraction of sp³-hybridized carbons (Fsp3) is 0.333. The third-order valence-corrected chi connectivity index (χ3v) is 4.78. The maximum absolute atomic E-state index is 12.8. The first-order valence-corrected chi connectivity index (χ1v) is 8.73. The summed E-state index contributed by atoms with van der Waals surface area (Å²) < 4.78 is 10.8. The number of hydrogen-bond donors (Lipinski definition) is 1. The molecule has 1 aliphatic carbocycles. The van der Waals surface area contributed by atoms with Gasteiger partial charge in [-0.05, 0) is 25.8 Å². The molecule has 5 nitrogen and oxygen atoms in total. The zero-order valence-electron chi connectivity index (χ0n) is 15.1. The SMILES string of the molecule is C=CCOC(=O)C1=C(C)NC2=C(C(=O)CCC2)[C@H]1c1ccccc1OC. The Hall–Kier alpha value is -2.82. The largest absolute Gasteiger partial charge is 0.496 e. The van der Waals surface area contributed by atoms with Crippen molar-refractivity contribution in [1.29, 1.82) is 0 Å². The topological polar surface area (TPSA) is 64.6 Å². The number of para-hydroxylation sites is 1. The van der Waals surface area contributed by atoms with Crippen LogP contribution >= 0.6 is 0 Å². The fourth-order valence-electron chi connectivity index (χ4n) is 3.68. The minimum Gasteiger partial charge on any atom is -0.496 e. The van der Waals surface area contributed by atoms with Crippen LogP contribution in [0.3, 0.4) is 0 Å². The molecule has 5 heteroatoms. The summed E-state index contributed by atoms with van der Waals surface area (Å²) in [7, 11) is 1.59. The van der Waals surface area contributed by atoms with E-state index in [1.165, 1.54) is 6.08 Å². The molecule has 1 atom stereocenters. The fourth-order valence-corrected chi connectivity index (χ4v) is 3.68. The number of esters is 1. The Morgan fingerprint density at radius 1 is 1.35 bits per heavy atom. The van der Waals surface area contributed by atoms with Gasteiger partial charge in [0.25, 0.3) is 0 Å². The van der Waals surface area contributed by atoms with E-state index in [1.54, 1.807) is 7.11 Å². The van der Waals surface area contributed by atoms with Gasteiger partial charge in [-0.25, -0.2) is 4.79 Å². The Bertz CT molecular complexity index is 819. The number of allylic oxidation sites excluding steroid dienone is 3. The van der Waals surface area contributed by atoms with Crippen molar-refractivity contribution in [3.8, 4) is 5.75 Å². The Morgan fingerprint density at radius 2 is 2.12 bits per heavy atom. The number of dihydropyridines is 1. The molecule has 0 spiro atoms. The van der Waals surface area contributed by atoms with Crippen molar-refractivity contribution >= 4 is 11.8 Å². The van der Waals surface area contributed by atoms with Gasteiger partial charge in [0.2, 0.25) is 0 Å². The van der Waals surface area contributed by atoms with E-state index in [0.29, 0.717) is 29.0 Å². The van der Waals surface area contributed by atoms with Crippen LogP contribution in [0.15, 0.2) is 59.5 Å². The summed E-state index contributed by atoms with van der Waals surface area (Å²) in [6, 6.07) is 7.49. The summed E-state index contributed by atoms with van der Waals surface area (Å²) in [4.78, 5) is 25.6. The number of methoxy groups -OCH3 is 1. The van der Waals surface area contributed by atoms with Gasteiger partial charge >= 0.3 is 5.97 Å². The van der Waals surface area contributed by atoms with Gasteiger partial charge < -0.3 is 14.8 Å². The molecule has 0 fully saturated rings. The number of Topliss-reactive ketones (excluding diaryl/α,β-unsaturated/α-hetero) is 1. The third-order valence-electron chi connectivity index (χ3n) is 4.78. The number of rotatable bonds is 5. The van der Waals surface area contributed by atoms with Crippen molar-refractivity contribution in [2.24, 2.45) is 0 Å². The highest BCUT2D eigenvalue weighted by Crippen LogP contribution is 2.45. The summed E-state index contributed by atoms with van der Waals surface area (Å²) in [6.45, 7) is 5.55. The van der Waals surface area contributed by atoms with Crippen LogP contribution in [-0.4, -0.2) is 25.5 Å². The van der Waals surface area contributed by atoms with E-state index in [-0.39, 0.29) is 12.4 Å². The molecule has 0 radical (unpaired) electrons. The van der Waals surface area contributed by atoms with Crippen LogP contribution < -0.4 is 10.1 Å². The van der Waals surface area contributed by atoms with E-state index < -0.39 is 11.9 Å². The van der Waals surface area contributed by atoms with Crippen LogP contribution in [0.5, 0.6) is 5.75 Å². The molecule has 1 N–H and O–H groups in total. The van der Waals surface area contributed by atoms with E-state index >= 15 is 0 Å². The maximum atomic E-state index is 12.8. The number of benzene rings is 1. The number of carbonyl (C=O) groups excluding carboxylic acids is 2. The van der Waals surface area contributed by atoms with Crippen molar-refractivity contribution in [1.82, 2.24) is 5.32 Å². The average molecular weight is 353 g/mol. The van der Waals surface area contributed by atoms with Crippen LogP contribution in [-0.2, 0) is 14.3 Å². The van der Waals surface area contributed by atoms with Gasteiger partial charge in [-0.1, -0.05) is 30.9 Å². The van der Waals surface area contributed by atoms with E-state index in [9.17, 15) is 9.59 Å². The summed E-state index contributed by atoms with van der Waals surface area (Å²) in [5.41, 5.74) is 3.50. The minimum absolute atomic E-state index is 0.0659. The molecule has 0 saturated heterocycles. The molecule has 0 bridgehead atoms. The lowest BCUT2D eigenvalue weighted by Gasteiger charge is -2.34. The summed E-state index contributed by atoms with van der Waals surface area (Å²) >= 11 is 0. The lowest BCUT2D eigenvalue weighted by Crippen LogP contribution is -2.34. The summed E-state index contributed by atoms with van der Waals surface area (Å²) in [6.07, 6.45) is 3.62. The highest BCUT2D eigenvalue weighted by atomic mass is 16.5. The van der Waals surface area contributed by atoms with Crippen LogP contribution in [0.25, 0.3) is 0 Å². The predicted octanol–water partition coefficient (Wildman–Crippen LogP) is 3.39. The highest BCUT2D eigenvalue weighted by Gasteiger charge is 2.40. The Kier molecular flexibility index (Phi) is 5.26. The van der Waals surface area contributed by atoms with Crippen molar-refractivity contribution < 1.29 is 19.1 Å². The Morgan fingerprint density at radius 3 is 2.85 bits per heavy atom. The molecular formula is C21H23NO4. The molecule has 0 saturated carbocycles. The molecule has 1 aromatic rings. The quantitative estimate of drug-likeness (QED) is 0.649. The standard InChI is InChI=1S/C21H23NO4/c1-4-12-26-21(24)18-13(2)22-15-9-7-10-16(23)20(15)19(18)14-8-5-6-11-17(14)25-3/h4-6,8,11,19,22H,1,7,9-10,12H2,2-3H3/t19-/m0/s1. The first-order valence-electron chi connectivity index (χ1n) is 8.73. The molecule has 26 heavy (non-hydrogen) atoms. The van der Waals surface area contributed by atoms with Gasteiger partial charge in [0.1, 0.15) is 12.4 Å².